The minimum absolute atomic E-state index is 0.0906. The van der Waals surface area contributed by atoms with E-state index in [1.54, 1.807) is 12.1 Å². The number of hydrogen-bond acceptors (Lipinski definition) is 4. The number of hydrogen-bond donors (Lipinski definition) is 1. The highest BCUT2D eigenvalue weighted by molar-refractivity contribution is 6.30. The van der Waals surface area contributed by atoms with Crippen molar-refractivity contribution in [3.05, 3.63) is 106 Å². The Kier molecular flexibility index (Phi) is 8.67. The molecule has 0 amide bonds. The molecule has 0 aromatic heterocycles. The number of carbonyl (C=O) groups excluding carboxylic acids is 1. The van der Waals surface area contributed by atoms with Crippen molar-refractivity contribution in [3.8, 4) is 0 Å². The van der Waals surface area contributed by atoms with Crippen LogP contribution in [-0.4, -0.2) is 19.6 Å². The molecule has 1 atom stereocenters. The summed E-state index contributed by atoms with van der Waals surface area (Å²) in [5, 5.41) is 4.16. The topological polar surface area (TPSA) is 47.6 Å². The maximum Gasteiger partial charge on any atom is 0.337 e. The highest BCUT2D eigenvalue weighted by Crippen LogP contribution is 2.25. The molecule has 3 rings (SSSR count). The van der Waals surface area contributed by atoms with Gasteiger partial charge >= 0.3 is 5.97 Å². The van der Waals surface area contributed by atoms with Crippen LogP contribution in [0.15, 0.2) is 72.8 Å². The summed E-state index contributed by atoms with van der Waals surface area (Å²) in [6.45, 7) is 8.42. The molecule has 0 radical (unpaired) electrons. The first-order valence-electron chi connectivity index (χ1n) is 11.1. The number of esters is 1. The van der Waals surface area contributed by atoms with Crippen molar-refractivity contribution in [1.82, 2.24) is 5.32 Å². The monoisotopic (exact) mass is 465 g/mol. The molecule has 5 heteroatoms. The lowest BCUT2D eigenvalue weighted by Crippen LogP contribution is -2.23. The van der Waals surface area contributed by atoms with E-state index in [9.17, 15) is 4.79 Å². The van der Waals surface area contributed by atoms with Crippen molar-refractivity contribution < 1.29 is 14.3 Å². The van der Waals surface area contributed by atoms with Crippen molar-refractivity contribution >= 4 is 17.6 Å². The highest BCUT2D eigenvalue weighted by atomic mass is 35.5. The second-order valence-electron chi connectivity index (χ2n) is 9.12. The van der Waals surface area contributed by atoms with Gasteiger partial charge in [-0.05, 0) is 51.9 Å². The lowest BCUT2D eigenvalue weighted by Gasteiger charge is -2.22. The average molecular weight is 466 g/mol. The molecule has 0 heterocycles. The van der Waals surface area contributed by atoms with E-state index in [4.69, 9.17) is 21.1 Å². The molecular weight excluding hydrogens is 434 g/mol. The molecule has 1 N–H and O–H groups in total. The van der Waals surface area contributed by atoms with E-state index in [1.807, 2.05) is 36.4 Å². The Morgan fingerprint density at radius 3 is 2.36 bits per heavy atom. The van der Waals surface area contributed by atoms with E-state index in [2.05, 4.69) is 50.4 Å². The van der Waals surface area contributed by atoms with Crippen LogP contribution < -0.4 is 5.32 Å². The molecule has 0 saturated heterocycles. The molecule has 174 valence electrons. The third-order valence-corrected chi connectivity index (χ3v) is 5.73. The fraction of sp³-hybridized carbons (Fsp3) is 0.321. The van der Waals surface area contributed by atoms with Gasteiger partial charge in [-0.1, -0.05) is 80.9 Å². The van der Waals surface area contributed by atoms with Gasteiger partial charge in [0.15, 0.2) is 0 Å². The number of nitrogens with one attached hydrogen (secondary N) is 1. The van der Waals surface area contributed by atoms with Crippen LogP contribution in [0.2, 0.25) is 5.02 Å². The van der Waals surface area contributed by atoms with Gasteiger partial charge in [0.2, 0.25) is 0 Å². The highest BCUT2D eigenvalue weighted by Gasteiger charge is 2.16. The Bertz CT molecular complexity index is 1060. The summed E-state index contributed by atoms with van der Waals surface area (Å²) in [4.78, 5) is 11.6. The Morgan fingerprint density at radius 2 is 1.70 bits per heavy atom. The third-order valence-electron chi connectivity index (χ3n) is 5.50. The van der Waals surface area contributed by atoms with Crippen LogP contribution in [0.1, 0.15) is 59.5 Å². The van der Waals surface area contributed by atoms with Gasteiger partial charge in [-0.2, -0.15) is 0 Å². The van der Waals surface area contributed by atoms with Crippen LogP contribution in [0.25, 0.3) is 0 Å². The minimum atomic E-state index is -0.334. The van der Waals surface area contributed by atoms with Crippen molar-refractivity contribution in [2.24, 2.45) is 0 Å². The van der Waals surface area contributed by atoms with E-state index < -0.39 is 0 Å². The predicted octanol–water partition coefficient (Wildman–Crippen LogP) is 6.47. The van der Waals surface area contributed by atoms with Crippen molar-refractivity contribution in [1.29, 1.82) is 0 Å². The fourth-order valence-corrected chi connectivity index (χ4v) is 3.73. The average Bonchev–Trinajstić information content (AvgIpc) is 2.80. The first-order valence-corrected chi connectivity index (χ1v) is 11.5. The van der Waals surface area contributed by atoms with Gasteiger partial charge in [0.25, 0.3) is 0 Å². The van der Waals surface area contributed by atoms with E-state index in [-0.39, 0.29) is 17.5 Å². The molecule has 3 aromatic rings. The van der Waals surface area contributed by atoms with E-state index in [0.717, 1.165) is 16.7 Å². The molecule has 0 aliphatic rings. The van der Waals surface area contributed by atoms with E-state index >= 15 is 0 Å². The number of rotatable bonds is 9. The quantitative estimate of drug-likeness (QED) is 0.368. The molecule has 0 spiro atoms. The zero-order valence-corrected chi connectivity index (χ0v) is 20.5. The van der Waals surface area contributed by atoms with Gasteiger partial charge in [-0.25, -0.2) is 4.79 Å². The molecule has 0 fully saturated rings. The van der Waals surface area contributed by atoms with Gasteiger partial charge < -0.3 is 14.8 Å². The van der Waals surface area contributed by atoms with Gasteiger partial charge in [-0.15, -0.1) is 0 Å². The molecule has 0 saturated carbocycles. The van der Waals surface area contributed by atoms with Gasteiger partial charge in [0.05, 0.1) is 25.4 Å². The van der Waals surface area contributed by atoms with Crippen LogP contribution in [0.3, 0.4) is 0 Å². The zero-order valence-electron chi connectivity index (χ0n) is 19.7. The SMILES string of the molecule is COC(=O)c1ccc(CNC[C@H](OCc2cccc(C(C)(C)C)c2)c2cccc(Cl)c2)cc1. The van der Waals surface area contributed by atoms with E-state index in [1.165, 1.54) is 12.7 Å². The lowest BCUT2D eigenvalue weighted by molar-refractivity contribution is 0.0395. The summed E-state index contributed by atoms with van der Waals surface area (Å²) in [5.74, 6) is -0.334. The second-order valence-corrected chi connectivity index (χ2v) is 9.56. The second kappa shape index (κ2) is 11.5. The Labute approximate surface area is 201 Å². The number of carbonyl (C=O) groups is 1. The molecule has 33 heavy (non-hydrogen) atoms. The molecule has 0 bridgehead atoms. The van der Waals surface area contributed by atoms with Gasteiger partial charge in [0.1, 0.15) is 0 Å². The minimum Gasteiger partial charge on any atom is -0.465 e. The standard InChI is InChI=1S/C28H32ClNO3/c1-28(2,3)24-9-5-7-21(15-24)19-33-26(23-8-6-10-25(29)16-23)18-30-17-20-11-13-22(14-12-20)27(31)32-4/h5-16,26,30H,17-19H2,1-4H3/t26-/m0/s1. The zero-order chi connectivity index (χ0) is 23.8. The largest absolute Gasteiger partial charge is 0.465 e. The molecule has 0 unspecified atom stereocenters. The van der Waals surface area contributed by atoms with Crippen LogP contribution in [0.5, 0.6) is 0 Å². The molecule has 0 aliphatic heterocycles. The van der Waals surface area contributed by atoms with Crippen LogP contribution >= 0.6 is 11.6 Å². The van der Waals surface area contributed by atoms with Crippen LogP contribution in [0.4, 0.5) is 0 Å². The van der Waals surface area contributed by atoms with Gasteiger partial charge in [-0.3, -0.25) is 0 Å². The molecule has 4 nitrogen and oxygen atoms in total. The summed E-state index contributed by atoms with van der Waals surface area (Å²) in [5.41, 5.74) is 5.17. The van der Waals surface area contributed by atoms with Crippen LogP contribution in [-0.2, 0) is 28.0 Å². The normalized spacial score (nSPS) is 12.4. The lowest BCUT2D eigenvalue weighted by atomic mass is 9.86. The number of benzene rings is 3. The summed E-state index contributed by atoms with van der Waals surface area (Å²) in [6.07, 6.45) is -0.156. The molecular formula is C28H32ClNO3. The van der Waals surface area contributed by atoms with Crippen molar-refractivity contribution in [2.45, 2.75) is 45.4 Å². The number of halogens is 1. The summed E-state index contributed by atoms with van der Waals surface area (Å²) in [7, 11) is 1.38. The van der Waals surface area contributed by atoms with Crippen molar-refractivity contribution in [2.75, 3.05) is 13.7 Å². The fourth-order valence-electron chi connectivity index (χ4n) is 3.53. The predicted molar refractivity (Wildman–Crippen MR) is 134 cm³/mol. The van der Waals surface area contributed by atoms with Crippen LogP contribution in [0, 0.1) is 0 Å². The first kappa shape index (κ1) is 25.0. The summed E-state index contributed by atoms with van der Waals surface area (Å²) < 4.78 is 11.1. The van der Waals surface area contributed by atoms with E-state index in [0.29, 0.717) is 30.3 Å². The number of methoxy groups -OCH3 is 1. The Hall–Kier alpha value is -2.66. The van der Waals surface area contributed by atoms with Crippen molar-refractivity contribution in [3.63, 3.8) is 0 Å². The maximum atomic E-state index is 11.6. The third kappa shape index (κ3) is 7.43. The smallest absolute Gasteiger partial charge is 0.337 e. The molecule has 0 aliphatic carbocycles. The van der Waals surface area contributed by atoms with Gasteiger partial charge in [0, 0.05) is 18.1 Å². The number of ether oxygens (including phenoxy) is 2. The summed E-state index contributed by atoms with van der Waals surface area (Å²) >= 11 is 6.25. The Morgan fingerprint density at radius 1 is 0.970 bits per heavy atom. The first-order chi connectivity index (χ1) is 15.8. The maximum absolute atomic E-state index is 11.6. The Balaban J connectivity index is 1.66. The summed E-state index contributed by atoms with van der Waals surface area (Å²) in [6, 6.07) is 23.7. The molecule has 3 aromatic carbocycles.